The third-order valence-electron chi connectivity index (χ3n) is 1.81. The molecular formula is C11H13KO3+. The molecule has 0 saturated carbocycles. The SMILES string of the molecule is C=C[CH]c1cc(OC)c(O)c(OC)c1.[K+]. The van der Waals surface area contributed by atoms with Crippen molar-refractivity contribution in [1.29, 1.82) is 0 Å². The van der Waals surface area contributed by atoms with E-state index in [4.69, 9.17) is 9.47 Å². The summed E-state index contributed by atoms with van der Waals surface area (Å²) in [7, 11) is 2.98. The fraction of sp³-hybridized carbons (Fsp3) is 0.182. The minimum atomic E-state index is 0. The molecule has 0 saturated heterocycles. The van der Waals surface area contributed by atoms with Gasteiger partial charge >= 0.3 is 51.4 Å². The number of phenols is 1. The molecule has 3 nitrogen and oxygen atoms in total. The molecular weight excluding hydrogens is 219 g/mol. The van der Waals surface area contributed by atoms with Crippen LogP contribution in [0.2, 0.25) is 0 Å². The van der Waals surface area contributed by atoms with Gasteiger partial charge in [0.2, 0.25) is 5.75 Å². The summed E-state index contributed by atoms with van der Waals surface area (Å²) in [5.41, 5.74) is 0.867. The van der Waals surface area contributed by atoms with Crippen LogP contribution in [-0.2, 0) is 0 Å². The second kappa shape index (κ2) is 7.30. The summed E-state index contributed by atoms with van der Waals surface area (Å²) in [5, 5.41) is 9.59. The third-order valence-corrected chi connectivity index (χ3v) is 1.81. The number of hydrogen-bond donors (Lipinski definition) is 1. The second-order valence-electron chi connectivity index (χ2n) is 2.68. The number of methoxy groups -OCH3 is 2. The van der Waals surface area contributed by atoms with Gasteiger partial charge in [0.05, 0.1) is 14.2 Å². The molecule has 0 aliphatic carbocycles. The molecule has 0 spiro atoms. The van der Waals surface area contributed by atoms with E-state index in [2.05, 4.69) is 6.58 Å². The molecule has 0 unspecified atom stereocenters. The number of ether oxygens (including phenoxy) is 2. The van der Waals surface area contributed by atoms with Crippen LogP contribution >= 0.6 is 0 Å². The standard InChI is InChI=1S/C11H13O3.K/c1-4-5-8-6-9(13-2)11(12)10(7-8)14-3;/h4-7,12H,1H2,2-3H3;/q;+1. The van der Waals surface area contributed by atoms with Crippen molar-refractivity contribution in [3.05, 3.63) is 36.8 Å². The van der Waals surface area contributed by atoms with Gasteiger partial charge in [0.1, 0.15) is 0 Å². The monoisotopic (exact) mass is 232 g/mol. The third kappa shape index (κ3) is 3.81. The van der Waals surface area contributed by atoms with Gasteiger partial charge in [0, 0.05) is 6.42 Å². The van der Waals surface area contributed by atoms with Gasteiger partial charge in [-0.25, -0.2) is 0 Å². The molecule has 4 heteroatoms. The van der Waals surface area contributed by atoms with Crippen molar-refractivity contribution in [2.75, 3.05) is 14.2 Å². The van der Waals surface area contributed by atoms with Crippen molar-refractivity contribution in [1.82, 2.24) is 0 Å². The van der Waals surface area contributed by atoms with Crippen LogP contribution in [0.1, 0.15) is 5.56 Å². The van der Waals surface area contributed by atoms with Gasteiger partial charge < -0.3 is 14.6 Å². The van der Waals surface area contributed by atoms with Gasteiger partial charge in [-0.2, -0.15) is 0 Å². The fourth-order valence-corrected chi connectivity index (χ4v) is 1.15. The number of allylic oxidation sites excluding steroid dienone is 1. The second-order valence-corrected chi connectivity index (χ2v) is 2.68. The number of phenolic OH excluding ortho intramolecular Hbond substituents is 1. The van der Waals surface area contributed by atoms with E-state index in [9.17, 15) is 5.11 Å². The van der Waals surface area contributed by atoms with Crippen molar-refractivity contribution in [2.24, 2.45) is 0 Å². The van der Waals surface area contributed by atoms with Gasteiger partial charge in [-0.15, -0.1) is 6.58 Å². The quantitative estimate of drug-likeness (QED) is 0.688. The van der Waals surface area contributed by atoms with E-state index in [1.54, 1.807) is 24.6 Å². The molecule has 1 N–H and O–H groups in total. The smallest absolute Gasteiger partial charge is 0.502 e. The minimum absolute atomic E-state index is 0. The summed E-state index contributed by atoms with van der Waals surface area (Å²) in [4.78, 5) is 0. The summed E-state index contributed by atoms with van der Waals surface area (Å²) in [5.74, 6) is 0.783. The Morgan fingerprint density at radius 1 is 1.20 bits per heavy atom. The molecule has 0 amide bonds. The van der Waals surface area contributed by atoms with E-state index in [0.29, 0.717) is 11.5 Å². The molecule has 15 heavy (non-hydrogen) atoms. The van der Waals surface area contributed by atoms with Crippen LogP contribution in [0, 0.1) is 6.42 Å². The van der Waals surface area contributed by atoms with E-state index in [-0.39, 0.29) is 57.1 Å². The Balaban J connectivity index is 0.00000196. The fourth-order valence-electron chi connectivity index (χ4n) is 1.15. The Labute approximate surface area is 133 Å². The molecule has 1 radical (unpaired) electrons. The van der Waals surface area contributed by atoms with Crippen LogP contribution in [0.3, 0.4) is 0 Å². The van der Waals surface area contributed by atoms with Crippen LogP contribution < -0.4 is 60.9 Å². The van der Waals surface area contributed by atoms with Crippen LogP contribution in [0.4, 0.5) is 0 Å². The van der Waals surface area contributed by atoms with E-state index in [1.807, 2.05) is 0 Å². The summed E-state index contributed by atoms with van der Waals surface area (Å²) in [6.07, 6.45) is 3.45. The topological polar surface area (TPSA) is 38.7 Å². The van der Waals surface area contributed by atoms with Crippen molar-refractivity contribution >= 4 is 0 Å². The van der Waals surface area contributed by atoms with Gasteiger partial charge in [-0.05, 0) is 17.7 Å². The number of hydrogen-bond acceptors (Lipinski definition) is 3. The summed E-state index contributed by atoms with van der Waals surface area (Å²) >= 11 is 0. The first-order valence-corrected chi connectivity index (χ1v) is 4.13. The average Bonchev–Trinajstić information content (AvgIpc) is 2.20. The molecule has 1 aromatic rings. The molecule has 75 valence electrons. The normalized spacial score (nSPS) is 8.93. The first-order valence-electron chi connectivity index (χ1n) is 4.13. The number of benzene rings is 1. The maximum Gasteiger partial charge on any atom is 1.00 e. The largest absolute Gasteiger partial charge is 1.00 e. The maximum atomic E-state index is 9.59. The molecule has 0 fully saturated rings. The average molecular weight is 232 g/mol. The van der Waals surface area contributed by atoms with E-state index in [0.717, 1.165) is 5.56 Å². The van der Waals surface area contributed by atoms with Crippen LogP contribution in [0.25, 0.3) is 0 Å². The van der Waals surface area contributed by atoms with Crippen molar-refractivity contribution < 1.29 is 66.0 Å². The Morgan fingerprint density at radius 3 is 2.00 bits per heavy atom. The minimum Gasteiger partial charge on any atom is -0.502 e. The van der Waals surface area contributed by atoms with Gasteiger partial charge in [0.15, 0.2) is 11.5 Å². The molecule has 0 aliphatic rings. The summed E-state index contributed by atoms with van der Waals surface area (Å²) < 4.78 is 9.98. The zero-order chi connectivity index (χ0) is 10.6. The predicted octanol–water partition coefficient (Wildman–Crippen LogP) is -0.848. The van der Waals surface area contributed by atoms with Gasteiger partial charge in [-0.3, -0.25) is 0 Å². The van der Waals surface area contributed by atoms with Crippen LogP contribution in [0.5, 0.6) is 17.2 Å². The van der Waals surface area contributed by atoms with Crippen molar-refractivity contribution in [3.63, 3.8) is 0 Å². The number of aromatic hydroxyl groups is 1. The van der Waals surface area contributed by atoms with Crippen molar-refractivity contribution in [2.45, 2.75) is 0 Å². The predicted molar refractivity (Wildman–Crippen MR) is 54.8 cm³/mol. The Bertz CT molecular complexity index is 312. The Morgan fingerprint density at radius 2 is 1.67 bits per heavy atom. The van der Waals surface area contributed by atoms with E-state index in [1.165, 1.54) is 14.2 Å². The molecule has 0 heterocycles. The molecule has 0 bridgehead atoms. The van der Waals surface area contributed by atoms with Crippen molar-refractivity contribution in [3.8, 4) is 17.2 Å². The maximum absolute atomic E-state index is 9.59. The van der Waals surface area contributed by atoms with Crippen LogP contribution in [0.15, 0.2) is 24.8 Å². The summed E-state index contributed by atoms with van der Waals surface area (Å²) in [6.45, 7) is 3.59. The zero-order valence-corrected chi connectivity index (χ0v) is 12.4. The molecule has 0 aliphatic heterocycles. The summed E-state index contributed by atoms with van der Waals surface area (Å²) in [6, 6.07) is 3.42. The van der Waals surface area contributed by atoms with Gasteiger partial charge in [-0.1, -0.05) is 6.08 Å². The first-order chi connectivity index (χ1) is 6.72. The molecule has 0 aromatic heterocycles. The van der Waals surface area contributed by atoms with E-state index >= 15 is 0 Å². The van der Waals surface area contributed by atoms with E-state index < -0.39 is 0 Å². The molecule has 1 aromatic carbocycles. The van der Waals surface area contributed by atoms with Crippen LogP contribution in [-0.4, -0.2) is 19.3 Å². The number of rotatable bonds is 4. The zero-order valence-electron chi connectivity index (χ0n) is 9.28. The Hall–Kier alpha value is -0.00364. The van der Waals surface area contributed by atoms with Gasteiger partial charge in [0.25, 0.3) is 0 Å². The Kier molecular flexibility index (Phi) is 7.30. The first kappa shape index (κ1) is 15.0. The molecule has 1 rings (SSSR count). The molecule has 0 atom stereocenters.